The number of hydrogen-bond acceptors (Lipinski definition) is 2. The summed E-state index contributed by atoms with van der Waals surface area (Å²) < 4.78 is 0. The highest BCUT2D eigenvalue weighted by Gasteiger charge is 2.31. The van der Waals surface area contributed by atoms with Crippen molar-refractivity contribution in [1.82, 2.24) is 10.6 Å². The van der Waals surface area contributed by atoms with E-state index >= 15 is 0 Å². The van der Waals surface area contributed by atoms with Crippen LogP contribution in [0.15, 0.2) is 0 Å². The number of carbonyl (C=O) groups is 1. The minimum Gasteiger partial charge on any atom is -0.352 e. The third-order valence-electron chi connectivity index (χ3n) is 3.18. The Kier molecular flexibility index (Phi) is 3.06. The fraction of sp³-hybridized carbons (Fsp3) is 0.909. The molecule has 0 radical (unpaired) electrons. The Balaban J connectivity index is 1.84. The van der Waals surface area contributed by atoms with Gasteiger partial charge in [0.1, 0.15) is 0 Å². The molecule has 0 bridgehead atoms. The highest BCUT2D eigenvalue weighted by molar-refractivity contribution is 5.73. The second-order valence-corrected chi connectivity index (χ2v) is 4.64. The van der Waals surface area contributed by atoms with Crippen LogP contribution in [0.2, 0.25) is 0 Å². The number of hydrogen-bond donors (Lipinski definition) is 2. The van der Waals surface area contributed by atoms with Crippen molar-refractivity contribution >= 4 is 5.91 Å². The summed E-state index contributed by atoms with van der Waals surface area (Å²) >= 11 is 0. The summed E-state index contributed by atoms with van der Waals surface area (Å²) in [6.45, 7) is 1.61. The maximum absolute atomic E-state index is 11.0. The summed E-state index contributed by atoms with van der Waals surface area (Å²) in [5.74, 6) is 0.111. The van der Waals surface area contributed by atoms with Crippen molar-refractivity contribution in [2.75, 3.05) is 0 Å². The standard InChI is InChI=1S/C11H20N2O/c1-8(14)12-10-4-2-3-5-11(10)13-9-6-7-9/h9-11,13H,2-7H2,1H3,(H,12,14)/t10-,11-/m0/s1. The second-order valence-electron chi connectivity index (χ2n) is 4.64. The van der Waals surface area contributed by atoms with E-state index in [1.165, 1.54) is 32.1 Å². The number of nitrogens with one attached hydrogen (secondary N) is 2. The summed E-state index contributed by atoms with van der Waals surface area (Å²) in [6.07, 6.45) is 7.58. The number of rotatable bonds is 3. The first-order valence-electron chi connectivity index (χ1n) is 5.79. The molecule has 0 aromatic carbocycles. The average molecular weight is 196 g/mol. The molecule has 0 unspecified atom stereocenters. The van der Waals surface area contributed by atoms with Gasteiger partial charge in [0, 0.05) is 25.0 Å². The Hall–Kier alpha value is -0.570. The fourth-order valence-corrected chi connectivity index (χ4v) is 2.32. The average Bonchev–Trinajstić information content (AvgIpc) is 2.91. The summed E-state index contributed by atoms with van der Waals surface area (Å²) in [5, 5.41) is 6.70. The zero-order valence-corrected chi connectivity index (χ0v) is 8.88. The lowest BCUT2D eigenvalue weighted by molar-refractivity contribution is -0.120. The zero-order valence-electron chi connectivity index (χ0n) is 8.88. The van der Waals surface area contributed by atoms with Crippen molar-refractivity contribution in [3.8, 4) is 0 Å². The summed E-state index contributed by atoms with van der Waals surface area (Å²) in [6, 6.07) is 1.65. The minimum atomic E-state index is 0.111. The largest absolute Gasteiger partial charge is 0.352 e. The fourth-order valence-electron chi connectivity index (χ4n) is 2.32. The monoisotopic (exact) mass is 196 g/mol. The summed E-state index contributed by atoms with van der Waals surface area (Å²) in [7, 11) is 0. The van der Waals surface area contributed by atoms with Crippen LogP contribution in [0.5, 0.6) is 0 Å². The molecule has 0 spiro atoms. The molecule has 3 nitrogen and oxygen atoms in total. The Labute approximate surface area is 85.6 Å². The van der Waals surface area contributed by atoms with Crippen LogP contribution >= 0.6 is 0 Å². The van der Waals surface area contributed by atoms with E-state index in [1.54, 1.807) is 6.92 Å². The molecule has 2 aliphatic rings. The lowest BCUT2D eigenvalue weighted by atomic mass is 9.90. The van der Waals surface area contributed by atoms with Crippen molar-refractivity contribution in [2.45, 2.75) is 63.6 Å². The van der Waals surface area contributed by atoms with Gasteiger partial charge in [-0.1, -0.05) is 12.8 Å². The van der Waals surface area contributed by atoms with E-state index in [0.29, 0.717) is 12.1 Å². The molecule has 2 fully saturated rings. The molecule has 2 atom stereocenters. The van der Waals surface area contributed by atoms with Gasteiger partial charge in [0.15, 0.2) is 0 Å². The smallest absolute Gasteiger partial charge is 0.217 e. The molecule has 2 N–H and O–H groups in total. The van der Waals surface area contributed by atoms with Crippen LogP contribution in [0.3, 0.4) is 0 Å². The minimum absolute atomic E-state index is 0.111. The van der Waals surface area contributed by atoms with E-state index < -0.39 is 0 Å². The van der Waals surface area contributed by atoms with Gasteiger partial charge in [0.25, 0.3) is 0 Å². The van der Waals surface area contributed by atoms with E-state index in [0.717, 1.165) is 12.5 Å². The van der Waals surface area contributed by atoms with Gasteiger partial charge in [0.2, 0.25) is 5.91 Å². The first-order chi connectivity index (χ1) is 6.75. The van der Waals surface area contributed by atoms with Gasteiger partial charge in [-0.25, -0.2) is 0 Å². The van der Waals surface area contributed by atoms with Crippen LogP contribution in [0.1, 0.15) is 45.4 Å². The van der Waals surface area contributed by atoms with Crippen LogP contribution in [0.25, 0.3) is 0 Å². The lowest BCUT2D eigenvalue weighted by Gasteiger charge is -2.32. The molecule has 2 saturated carbocycles. The molecular formula is C11H20N2O. The quantitative estimate of drug-likeness (QED) is 0.712. The van der Waals surface area contributed by atoms with Gasteiger partial charge < -0.3 is 10.6 Å². The van der Waals surface area contributed by atoms with Crippen LogP contribution in [-0.2, 0) is 4.79 Å². The molecule has 1 amide bonds. The van der Waals surface area contributed by atoms with Crippen LogP contribution in [0, 0.1) is 0 Å². The van der Waals surface area contributed by atoms with Crippen molar-refractivity contribution < 1.29 is 4.79 Å². The molecule has 0 aliphatic heterocycles. The van der Waals surface area contributed by atoms with E-state index in [2.05, 4.69) is 10.6 Å². The molecule has 2 aliphatic carbocycles. The van der Waals surface area contributed by atoms with Gasteiger partial charge in [-0.3, -0.25) is 4.79 Å². The number of amides is 1. The van der Waals surface area contributed by atoms with Crippen molar-refractivity contribution in [1.29, 1.82) is 0 Å². The lowest BCUT2D eigenvalue weighted by Crippen LogP contribution is -2.51. The normalized spacial score (nSPS) is 32.6. The second kappa shape index (κ2) is 4.30. The molecule has 0 saturated heterocycles. The zero-order chi connectivity index (χ0) is 9.97. The van der Waals surface area contributed by atoms with Gasteiger partial charge in [-0.15, -0.1) is 0 Å². The molecule has 3 heteroatoms. The Bertz CT molecular complexity index is 213. The molecule has 2 rings (SSSR count). The van der Waals surface area contributed by atoms with Crippen molar-refractivity contribution in [2.24, 2.45) is 0 Å². The van der Waals surface area contributed by atoms with E-state index in [-0.39, 0.29) is 5.91 Å². The van der Waals surface area contributed by atoms with Crippen LogP contribution in [0.4, 0.5) is 0 Å². The highest BCUT2D eigenvalue weighted by Crippen LogP contribution is 2.25. The summed E-state index contributed by atoms with van der Waals surface area (Å²) in [5.41, 5.74) is 0. The van der Waals surface area contributed by atoms with Crippen molar-refractivity contribution in [3.05, 3.63) is 0 Å². The van der Waals surface area contributed by atoms with Crippen LogP contribution in [-0.4, -0.2) is 24.0 Å². The van der Waals surface area contributed by atoms with Gasteiger partial charge >= 0.3 is 0 Å². The molecule has 14 heavy (non-hydrogen) atoms. The molecule has 0 heterocycles. The van der Waals surface area contributed by atoms with E-state index in [4.69, 9.17) is 0 Å². The Morgan fingerprint density at radius 1 is 1.07 bits per heavy atom. The Morgan fingerprint density at radius 2 is 1.71 bits per heavy atom. The molecule has 0 aromatic rings. The first-order valence-corrected chi connectivity index (χ1v) is 5.79. The Morgan fingerprint density at radius 3 is 2.29 bits per heavy atom. The number of carbonyl (C=O) groups excluding carboxylic acids is 1. The summed E-state index contributed by atoms with van der Waals surface area (Å²) in [4.78, 5) is 11.0. The van der Waals surface area contributed by atoms with Gasteiger partial charge in [0.05, 0.1) is 0 Å². The van der Waals surface area contributed by atoms with E-state index in [1.807, 2.05) is 0 Å². The van der Waals surface area contributed by atoms with Gasteiger partial charge in [-0.05, 0) is 25.7 Å². The third kappa shape index (κ3) is 2.71. The molecule has 80 valence electrons. The van der Waals surface area contributed by atoms with E-state index in [9.17, 15) is 4.79 Å². The SMILES string of the molecule is CC(=O)N[C@H]1CCCC[C@@H]1NC1CC1. The maximum Gasteiger partial charge on any atom is 0.217 e. The molecular weight excluding hydrogens is 176 g/mol. The van der Waals surface area contributed by atoms with Gasteiger partial charge in [-0.2, -0.15) is 0 Å². The van der Waals surface area contributed by atoms with Crippen LogP contribution < -0.4 is 10.6 Å². The predicted octanol–water partition coefficient (Wildman–Crippen LogP) is 1.19. The third-order valence-corrected chi connectivity index (χ3v) is 3.18. The maximum atomic E-state index is 11.0. The topological polar surface area (TPSA) is 41.1 Å². The van der Waals surface area contributed by atoms with Crippen molar-refractivity contribution in [3.63, 3.8) is 0 Å². The highest BCUT2D eigenvalue weighted by atomic mass is 16.1. The molecule has 0 aromatic heterocycles. The predicted molar refractivity (Wildman–Crippen MR) is 56.0 cm³/mol. The first kappa shape index (κ1) is 9.97.